The van der Waals surface area contributed by atoms with Crippen LogP contribution in [-0.4, -0.2) is 42.7 Å². The molecule has 0 saturated carbocycles. The Hall–Kier alpha value is -1.26. The van der Waals surface area contributed by atoms with Gasteiger partial charge in [0.15, 0.2) is 0 Å². The second kappa shape index (κ2) is 9.61. The van der Waals surface area contributed by atoms with Gasteiger partial charge in [0.25, 0.3) is 0 Å². The molecule has 142 valence electrons. The summed E-state index contributed by atoms with van der Waals surface area (Å²) in [7, 11) is 0. The molecule has 26 heavy (non-hydrogen) atoms. The Balaban J connectivity index is 2.29. The van der Waals surface area contributed by atoms with Crippen LogP contribution in [0.1, 0.15) is 26.3 Å². The Kier molecular flexibility index (Phi) is 7.78. The number of rotatable bonds is 9. The van der Waals surface area contributed by atoms with E-state index in [4.69, 9.17) is 23.2 Å². The molecule has 3 nitrogen and oxygen atoms in total. The molecule has 2 rings (SSSR count). The van der Waals surface area contributed by atoms with Crippen LogP contribution in [0.5, 0.6) is 0 Å². The quantitative estimate of drug-likeness (QED) is 0.644. The fourth-order valence-electron chi connectivity index (χ4n) is 3.07. The highest BCUT2D eigenvalue weighted by Crippen LogP contribution is 2.32. The lowest BCUT2D eigenvalue weighted by atomic mass is 9.95. The zero-order chi connectivity index (χ0) is 19.2. The van der Waals surface area contributed by atoms with E-state index in [1.54, 1.807) is 12.1 Å². The Morgan fingerprint density at radius 2 is 1.62 bits per heavy atom. The number of hydrogen-bond donors (Lipinski definition) is 1. The average molecular weight is 395 g/mol. The van der Waals surface area contributed by atoms with Crippen LogP contribution >= 0.6 is 23.2 Å². The van der Waals surface area contributed by atoms with Crippen LogP contribution in [0.2, 0.25) is 10.0 Å². The summed E-state index contributed by atoms with van der Waals surface area (Å²) < 4.78 is 0. The summed E-state index contributed by atoms with van der Waals surface area (Å²) >= 11 is 12.7. The SMILES string of the molecule is CCN(CC)CCN(CC(C)(O)c1ccccc1)c1cc(Cl)ccc1Cl. The van der Waals surface area contributed by atoms with Gasteiger partial charge in [0.2, 0.25) is 0 Å². The predicted octanol–water partition coefficient (Wildman–Crippen LogP) is 5.05. The number of hydrogen-bond acceptors (Lipinski definition) is 3. The van der Waals surface area contributed by atoms with E-state index in [2.05, 4.69) is 23.6 Å². The number of benzene rings is 2. The zero-order valence-electron chi connectivity index (χ0n) is 15.8. The van der Waals surface area contributed by atoms with Crippen LogP contribution in [0.4, 0.5) is 5.69 Å². The molecular weight excluding hydrogens is 367 g/mol. The van der Waals surface area contributed by atoms with Gasteiger partial charge < -0.3 is 14.9 Å². The highest BCUT2D eigenvalue weighted by Gasteiger charge is 2.27. The Morgan fingerprint density at radius 3 is 2.23 bits per heavy atom. The van der Waals surface area contributed by atoms with Crippen molar-refractivity contribution in [1.82, 2.24) is 4.90 Å². The molecule has 1 atom stereocenters. The van der Waals surface area contributed by atoms with Crippen LogP contribution in [-0.2, 0) is 5.60 Å². The van der Waals surface area contributed by atoms with Gasteiger partial charge in [-0.2, -0.15) is 0 Å². The lowest BCUT2D eigenvalue weighted by Crippen LogP contribution is -2.43. The Labute approximate surface area is 167 Å². The van der Waals surface area contributed by atoms with Crippen LogP contribution in [0.15, 0.2) is 48.5 Å². The second-order valence-corrected chi connectivity index (χ2v) is 7.53. The molecule has 5 heteroatoms. The largest absolute Gasteiger partial charge is 0.384 e. The lowest BCUT2D eigenvalue weighted by Gasteiger charge is -2.35. The second-order valence-electron chi connectivity index (χ2n) is 6.68. The number of anilines is 1. The summed E-state index contributed by atoms with van der Waals surface area (Å²) in [6.07, 6.45) is 0. The summed E-state index contributed by atoms with van der Waals surface area (Å²) in [5.74, 6) is 0. The van der Waals surface area contributed by atoms with E-state index >= 15 is 0 Å². The van der Waals surface area contributed by atoms with Gasteiger partial charge in [-0.3, -0.25) is 0 Å². The van der Waals surface area contributed by atoms with Crippen LogP contribution < -0.4 is 4.90 Å². The lowest BCUT2D eigenvalue weighted by molar-refractivity contribution is 0.0639. The van der Waals surface area contributed by atoms with E-state index < -0.39 is 5.60 Å². The molecule has 2 aromatic carbocycles. The molecule has 0 heterocycles. The van der Waals surface area contributed by atoms with E-state index in [0.717, 1.165) is 37.4 Å². The first-order valence-electron chi connectivity index (χ1n) is 9.07. The van der Waals surface area contributed by atoms with Crippen molar-refractivity contribution in [2.45, 2.75) is 26.4 Å². The van der Waals surface area contributed by atoms with E-state index in [1.807, 2.05) is 43.3 Å². The molecule has 0 aromatic heterocycles. The van der Waals surface area contributed by atoms with Crippen molar-refractivity contribution in [3.05, 3.63) is 64.1 Å². The standard InChI is InChI=1S/C21H28Cl2N2O/c1-4-24(5-2)13-14-25(20-15-18(22)11-12-19(20)23)16-21(3,26)17-9-7-6-8-10-17/h6-12,15,26H,4-5,13-14,16H2,1-3H3. The van der Waals surface area contributed by atoms with Crippen molar-refractivity contribution in [2.24, 2.45) is 0 Å². The van der Waals surface area contributed by atoms with Crippen molar-refractivity contribution >= 4 is 28.9 Å². The summed E-state index contributed by atoms with van der Waals surface area (Å²) in [6, 6.07) is 15.2. The molecule has 0 fully saturated rings. The van der Waals surface area contributed by atoms with Crippen molar-refractivity contribution in [3.63, 3.8) is 0 Å². The van der Waals surface area contributed by atoms with E-state index in [-0.39, 0.29) is 0 Å². The van der Waals surface area contributed by atoms with Crippen molar-refractivity contribution in [3.8, 4) is 0 Å². The van der Waals surface area contributed by atoms with Crippen LogP contribution in [0, 0.1) is 0 Å². The fraction of sp³-hybridized carbons (Fsp3) is 0.429. The van der Waals surface area contributed by atoms with Gasteiger partial charge in [0.1, 0.15) is 5.60 Å². The highest BCUT2D eigenvalue weighted by molar-refractivity contribution is 6.35. The fourth-order valence-corrected chi connectivity index (χ4v) is 3.48. The molecule has 0 amide bonds. The maximum absolute atomic E-state index is 11.1. The van der Waals surface area contributed by atoms with Gasteiger partial charge in [0, 0.05) is 18.1 Å². The first-order chi connectivity index (χ1) is 12.4. The molecular formula is C21H28Cl2N2O. The number of halogens is 2. The third-order valence-electron chi connectivity index (χ3n) is 4.72. The molecule has 0 aliphatic rings. The van der Waals surface area contributed by atoms with E-state index in [1.165, 1.54) is 0 Å². The Bertz CT molecular complexity index is 688. The summed E-state index contributed by atoms with van der Waals surface area (Å²) in [6.45, 7) is 10.2. The van der Waals surface area contributed by atoms with Crippen LogP contribution in [0.3, 0.4) is 0 Å². The van der Waals surface area contributed by atoms with Gasteiger partial charge in [0.05, 0.1) is 17.3 Å². The molecule has 0 aliphatic heterocycles. The molecule has 1 N–H and O–H groups in total. The van der Waals surface area contributed by atoms with Crippen molar-refractivity contribution in [1.29, 1.82) is 0 Å². The molecule has 0 aliphatic carbocycles. The first kappa shape index (κ1) is 21.0. The maximum atomic E-state index is 11.1. The predicted molar refractivity (Wildman–Crippen MR) is 112 cm³/mol. The van der Waals surface area contributed by atoms with Crippen molar-refractivity contribution in [2.75, 3.05) is 37.6 Å². The van der Waals surface area contributed by atoms with Gasteiger partial charge in [-0.1, -0.05) is 67.4 Å². The number of aliphatic hydroxyl groups is 1. The minimum Gasteiger partial charge on any atom is -0.384 e. The van der Waals surface area contributed by atoms with Gasteiger partial charge in [-0.05, 0) is 43.8 Å². The summed E-state index contributed by atoms with van der Waals surface area (Å²) in [4.78, 5) is 4.47. The molecule has 2 aromatic rings. The number of likely N-dealkylation sites (N-methyl/N-ethyl adjacent to an activating group) is 1. The normalized spacial score (nSPS) is 13.7. The molecule has 0 radical (unpaired) electrons. The minimum absolute atomic E-state index is 0.429. The van der Waals surface area contributed by atoms with E-state index in [9.17, 15) is 5.11 Å². The molecule has 0 bridgehead atoms. The minimum atomic E-state index is -1.00. The van der Waals surface area contributed by atoms with Gasteiger partial charge in [-0.25, -0.2) is 0 Å². The summed E-state index contributed by atoms with van der Waals surface area (Å²) in [5.41, 5.74) is 0.726. The van der Waals surface area contributed by atoms with Gasteiger partial charge in [-0.15, -0.1) is 0 Å². The van der Waals surface area contributed by atoms with E-state index in [0.29, 0.717) is 16.6 Å². The van der Waals surface area contributed by atoms with Gasteiger partial charge >= 0.3 is 0 Å². The first-order valence-corrected chi connectivity index (χ1v) is 9.83. The topological polar surface area (TPSA) is 26.7 Å². The summed E-state index contributed by atoms with van der Waals surface area (Å²) in [5, 5.41) is 12.4. The molecule has 0 saturated heterocycles. The van der Waals surface area contributed by atoms with Crippen molar-refractivity contribution < 1.29 is 5.11 Å². The Morgan fingerprint density at radius 1 is 0.962 bits per heavy atom. The maximum Gasteiger partial charge on any atom is 0.104 e. The number of nitrogens with zero attached hydrogens (tertiary/aromatic N) is 2. The highest BCUT2D eigenvalue weighted by atomic mass is 35.5. The zero-order valence-corrected chi connectivity index (χ0v) is 17.3. The third kappa shape index (κ3) is 5.62. The monoisotopic (exact) mass is 394 g/mol. The van der Waals surface area contributed by atoms with Crippen LogP contribution in [0.25, 0.3) is 0 Å². The third-order valence-corrected chi connectivity index (χ3v) is 5.28. The smallest absolute Gasteiger partial charge is 0.104 e. The molecule has 1 unspecified atom stereocenters. The average Bonchev–Trinajstić information content (AvgIpc) is 2.64. The molecule has 0 spiro atoms.